The molecule has 0 radical (unpaired) electrons. The molecule has 170 valence electrons. The molecule has 5 rings (SSSR count). The van der Waals surface area contributed by atoms with E-state index in [0.717, 1.165) is 57.7 Å². The zero-order chi connectivity index (χ0) is 22.3. The first-order valence-electron chi connectivity index (χ1n) is 11.9. The van der Waals surface area contributed by atoms with Crippen molar-refractivity contribution >= 4 is 11.6 Å². The molecule has 0 saturated carbocycles. The van der Waals surface area contributed by atoms with Crippen LogP contribution in [0.15, 0.2) is 36.5 Å². The minimum absolute atomic E-state index is 0.0281. The van der Waals surface area contributed by atoms with E-state index in [1.807, 2.05) is 4.90 Å². The third-order valence-corrected chi connectivity index (χ3v) is 7.65. The molecule has 0 aliphatic carbocycles. The zero-order valence-electron chi connectivity index (χ0n) is 19.3. The molecule has 32 heavy (non-hydrogen) atoms. The van der Waals surface area contributed by atoms with Crippen LogP contribution in [0.5, 0.6) is 5.75 Å². The quantitative estimate of drug-likeness (QED) is 0.793. The van der Waals surface area contributed by atoms with Gasteiger partial charge >= 0.3 is 0 Å². The van der Waals surface area contributed by atoms with Crippen LogP contribution >= 0.6 is 0 Å². The van der Waals surface area contributed by atoms with E-state index in [4.69, 9.17) is 10.5 Å². The number of hydrogen-bond acceptors (Lipinski definition) is 5. The van der Waals surface area contributed by atoms with Crippen LogP contribution < -0.4 is 10.5 Å². The summed E-state index contributed by atoms with van der Waals surface area (Å²) < 4.78 is 6.12. The molecule has 2 N–H and O–H groups in total. The maximum atomic E-state index is 12.8. The number of piperidine rings is 2. The van der Waals surface area contributed by atoms with Crippen LogP contribution in [0.25, 0.3) is 0 Å². The number of nitrogens with two attached hydrogens (primary N) is 1. The zero-order valence-corrected chi connectivity index (χ0v) is 19.3. The van der Waals surface area contributed by atoms with Gasteiger partial charge in [0.15, 0.2) is 0 Å². The molecule has 0 atom stereocenters. The predicted molar refractivity (Wildman–Crippen MR) is 126 cm³/mol. The number of amides is 1. The van der Waals surface area contributed by atoms with E-state index in [1.165, 1.54) is 24.0 Å². The number of likely N-dealkylation sites (tertiary alicyclic amines) is 2. The van der Waals surface area contributed by atoms with Gasteiger partial charge in [-0.15, -0.1) is 0 Å². The fourth-order valence-corrected chi connectivity index (χ4v) is 5.62. The lowest BCUT2D eigenvalue weighted by molar-refractivity contribution is 0.0282. The molecular formula is C26H34N4O2. The van der Waals surface area contributed by atoms with E-state index < -0.39 is 0 Å². The molecule has 3 aliphatic rings. The van der Waals surface area contributed by atoms with Crippen LogP contribution in [0.4, 0.5) is 5.69 Å². The molecule has 1 amide bonds. The van der Waals surface area contributed by atoms with Gasteiger partial charge < -0.3 is 15.4 Å². The summed E-state index contributed by atoms with van der Waals surface area (Å²) in [5.41, 5.74) is 9.87. The van der Waals surface area contributed by atoms with Crippen molar-refractivity contribution in [2.75, 3.05) is 31.9 Å². The topological polar surface area (TPSA) is 71.7 Å². The lowest BCUT2D eigenvalue weighted by Crippen LogP contribution is -2.48. The Morgan fingerprint density at radius 1 is 1.06 bits per heavy atom. The van der Waals surface area contributed by atoms with Crippen LogP contribution in [-0.4, -0.2) is 52.5 Å². The van der Waals surface area contributed by atoms with Gasteiger partial charge in [-0.3, -0.25) is 9.69 Å². The number of hydrogen-bond donors (Lipinski definition) is 1. The number of carbonyl (C=O) groups excluding carboxylic acids is 1. The summed E-state index contributed by atoms with van der Waals surface area (Å²) in [6.07, 6.45) is 7.15. The number of carbonyl (C=O) groups is 1. The van der Waals surface area contributed by atoms with Crippen LogP contribution in [-0.2, 0) is 13.0 Å². The largest absolute Gasteiger partial charge is 0.487 e. The van der Waals surface area contributed by atoms with Gasteiger partial charge in [-0.2, -0.15) is 0 Å². The van der Waals surface area contributed by atoms with Crippen molar-refractivity contribution < 1.29 is 9.53 Å². The fourth-order valence-electron chi connectivity index (χ4n) is 5.62. The Labute approximate surface area is 190 Å². The Morgan fingerprint density at radius 3 is 2.47 bits per heavy atom. The van der Waals surface area contributed by atoms with Crippen LogP contribution in [0, 0.1) is 5.41 Å². The number of aromatic nitrogens is 1. The van der Waals surface area contributed by atoms with Gasteiger partial charge in [-0.1, -0.05) is 12.1 Å². The van der Waals surface area contributed by atoms with Crippen molar-refractivity contribution in [2.45, 2.75) is 58.1 Å². The van der Waals surface area contributed by atoms with Crippen LogP contribution in [0.1, 0.15) is 61.1 Å². The minimum atomic E-state index is -0.0995. The van der Waals surface area contributed by atoms with Gasteiger partial charge in [-0.25, -0.2) is 4.98 Å². The molecule has 2 saturated heterocycles. The average molecular weight is 435 g/mol. The first-order chi connectivity index (χ1) is 15.3. The Morgan fingerprint density at radius 2 is 1.78 bits per heavy atom. The second kappa shape index (κ2) is 8.07. The van der Waals surface area contributed by atoms with Gasteiger partial charge in [0.1, 0.15) is 17.0 Å². The van der Waals surface area contributed by atoms with Crippen LogP contribution in [0.2, 0.25) is 0 Å². The van der Waals surface area contributed by atoms with E-state index >= 15 is 0 Å². The number of anilines is 1. The normalized spacial score (nSPS) is 21.9. The third kappa shape index (κ3) is 4.20. The van der Waals surface area contributed by atoms with Crippen molar-refractivity contribution in [3.05, 3.63) is 53.3 Å². The standard InChI is InChI=1S/C26H34N4O2/c1-25(2)16-21-19(4-3-5-23(21)32-25)18-29-12-8-26(9-13-29)10-14-30(15-11-26)24(31)22-7-6-20(27)17-28-22/h3-7,17H,8-16,18,27H2,1-2H3. The van der Waals surface area contributed by atoms with E-state index in [-0.39, 0.29) is 11.5 Å². The molecule has 0 unspecified atom stereocenters. The highest BCUT2D eigenvalue weighted by atomic mass is 16.5. The maximum Gasteiger partial charge on any atom is 0.272 e. The van der Waals surface area contributed by atoms with E-state index in [2.05, 4.69) is 41.9 Å². The minimum Gasteiger partial charge on any atom is -0.487 e. The summed E-state index contributed by atoms with van der Waals surface area (Å²) in [6, 6.07) is 9.98. The molecule has 2 fully saturated rings. The Bertz CT molecular complexity index is 983. The summed E-state index contributed by atoms with van der Waals surface area (Å²) in [4.78, 5) is 21.6. The SMILES string of the molecule is CC1(C)Cc2c(CN3CCC4(CC3)CCN(C(=O)c3ccc(N)cn3)CC4)cccc2O1. The molecule has 6 nitrogen and oxygen atoms in total. The lowest BCUT2D eigenvalue weighted by atomic mass is 9.71. The number of nitrogens with zero attached hydrogens (tertiary/aromatic N) is 3. The summed E-state index contributed by atoms with van der Waals surface area (Å²) in [5, 5.41) is 0. The van der Waals surface area contributed by atoms with Crippen LogP contribution in [0.3, 0.4) is 0 Å². The van der Waals surface area contributed by atoms with Crippen molar-refractivity contribution in [3.63, 3.8) is 0 Å². The number of pyridine rings is 1. The Kier molecular flexibility index (Phi) is 5.36. The number of rotatable bonds is 3. The first-order valence-corrected chi connectivity index (χ1v) is 11.9. The highest BCUT2D eigenvalue weighted by Crippen LogP contribution is 2.42. The smallest absolute Gasteiger partial charge is 0.272 e. The Hall–Kier alpha value is -2.60. The van der Waals surface area contributed by atoms with Crippen molar-refractivity contribution in [3.8, 4) is 5.75 Å². The van der Waals surface area contributed by atoms with Crippen molar-refractivity contribution in [1.82, 2.24) is 14.8 Å². The molecule has 6 heteroatoms. The van der Waals surface area contributed by atoms with Crippen molar-refractivity contribution in [1.29, 1.82) is 0 Å². The summed E-state index contributed by atoms with van der Waals surface area (Å²) >= 11 is 0. The molecule has 4 heterocycles. The van der Waals surface area contributed by atoms with Gasteiger partial charge in [0, 0.05) is 31.6 Å². The molecule has 1 spiro atoms. The van der Waals surface area contributed by atoms with E-state index in [0.29, 0.717) is 16.8 Å². The average Bonchev–Trinajstić information content (AvgIpc) is 3.11. The van der Waals surface area contributed by atoms with E-state index in [1.54, 1.807) is 18.3 Å². The van der Waals surface area contributed by atoms with Gasteiger partial charge in [0.05, 0.1) is 11.9 Å². The van der Waals surface area contributed by atoms with Crippen molar-refractivity contribution in [2.24, 2.45) is 5.41 Å². The lowest BCUT2D eigenvalue weighted by Gasteiger charge is -2.47. The first kappa shape index (κ1) is 21.3. The number of nitrogen functional groups attached to an aromatic ring is 1. The highest BCUT2D eigenvalue weighted by molar-refractivity contribution is 5.92. The molecule has 3 aliphatic heterocycles. The summed E-state index contributed by atoms with van der Waals surface area (Å²) in [5.74, 6) is 1.09. The molecule has 0 bridgehead atoms. The highest BCUT2D eigenvalue weighted by Gasteiger charge is 2.39. The fraction of sp³-hybridized carbons (Fsp3) is 0.538. The number of benzene rings is 1. The molecule has 1 aromatic heterocycles. The predicted octanol–water partition coefficient (Wildman–Crippen LogP) is 3.90. The monoisotopic (exact) mass is 434 g/mol. The van der Waals surface area contributed by atoms with Gasteiger partial charge in [-0.05, 0) is 81.8 Å². The second-order valence-electron chi connectivity index (χ2n) is 10.5. The second-order valence-corrected chi connectivity index (χ2v) is 10.5. The van der Waals surface area contributed by atoms with E-state index in [9.17, 15) is 4.79 Å². The van der Waals surface area contributed by atoms with Gasteiger partial charge in [0.2, 0.25) is 0 Å². The number of ether oxygens (including phenoxy) is 1. The number of fused-ring (bicyclic) bond motifs is 1. The Balaban J connectivity index is 1.16. The summed E-state index contributed by atoms with van der Waals surface area (Å²) in [6.45, 7) is 9.24. The molecular weight excluding hydrogens is 400 g/mol. The molecule has 1 aromatic carbocycles. The third-order valence-electron chi connectivity index (χ3n) is 7.65. The van der Waals surface area contributed by atoms with Gasteiger partial charge in [0.25, 0.3) is 5.91 Å². The maximum absolute atomic E-state index is 12.8. The summed E-state index contributed by atoms with van der Waals surface area (Å²) in [7, 11) is 0. The molecule has 2 aromatic rings.